The minimum Gasteiger partial charge on any atom is -0.497 e. The summed E-state index contributed by atoms with van der Waals surface area (Å²) in [5, 5.41) is 2.65. The van der Waals surface area contributed by atoms with Crippen LogP contribution in [-0.4, -0.2) is 44.6 Å². The lowest BCUT2D eigenvalue weighted by molar-refractivity contribution is -0.116. The van der Waals surface area contributed by atoms with Crippen LogP contribution in [0.25, 0.3) is 0 Å². The first kappa shape index (κ1) is 20.7. The summed E-state index contributed by atoms with van der Waals surface area (Å²) >= 11 is 0. The van der Waals surface area contributed by atoms with Gasteiger partial charge in [0.25, 0.3) is 10.0 Å². The molecule has 0 bridgehead atoms. The van der Waals surface area contributed by atoms with E-state index in [9.17, 15) is 13.2 Å². The summed E-state index contributed by atoms with van der Waals surface area (Å²) in [6.07, 6.45) is 3.34. The number of para-hydroxylation sites is 1. The molecule has 0 spiro atoms. The van der Waals surface area contributed by atoms with E-state index in [1.54, 1.807) is 24.3 Å². The standard InChI is InChI=1S/C21H22N4O5S/c1-29-16-7-8-19(30-2)17(11-16)23-20(26)12-24-13-21(22-14-24)31(27,28)25-10-9-15-5-3-4-6-18(15)25/h3-8,11,13-14H,9-10,12H2,1-2H3,(H,23,26). The first-order valence-electron chi connectivity index (χ1n) is 9.56. The van der Waals surface area contributed by atoms with Gasteiger partial charge in [-0.3, -0.25) is 9.10 Å². The highest BCUT2D eigenvalue weighted by molar-refractivity contribution is 7.92. The molecule has 0 aliphatic carbocycles. The van der Waals surface area contributed by atoms with Gasteiger partial charge in [-0.1, -0.05) is 18.2 Å². The second-order valence-electron chi connectivity index (χ2n) is 6.95. The monoisotopic (exact) mass is 442 g/mol. The van der Waals surface area contributed by atoms with Crippen molar-refractivity contribution in [2.45, 2.75) is 18.0 Å². The Kier molecular flexibility index (Phi) is 5.55. The fourth-order valence-electron chi connectivity index (χ4n) is 3.50. The SMILES string of the molecule is COc1ccc(OC)c(NC(=O)Cn2cnc(S(=O)(=O)N3CCc4ccccc43)c2)c1. The van der Waals surface area contributed by atoms with Crippen molar-refractivity contribution >= 4 is 27.3 Å². The van der Waals surface area contributed by atoms with E-state index in [-0.39, 0.29) is 17.5 Å². The largest absolute Gasteiger partial charge is 0.497 e. The van der Waals surface area contributed by atoms with Crippen LogP contribution in [-0.2, 0) is 27.8 Å². The molecule has 0 unspecified atom stereocenters. The highest BCUT2D eigenvalue weighted by atomic mass is 32.2. The number of nitrogens with zero attached hydrogens (tertiary/aromatic N) is 3. The molecule has 1 aliphatic heterocycles. The Morgan fingerprint density at radius 2 is 1.97 bits per heavy atom. The number of anilines is 2. The third-order valence-electron chi connectivity index (χ3n) is 5.02. The van der Waals surface area contributed by atoms with Gasteiger partial charge in [-0.15, -0.1) is 0 Å². The number of ether oxygens (including phenoxy) is 2. The third-order valence-corrected chi connectivity index (χ3v) is 6.71. The molecular formula is C21H22N4O5S. The van der Waals surface area contributed by atoms with E-state index < -0.39 is 10.0 Å². The summed E-state index contributed by atoms with van der Waals surface area (Å²) in [6, 6.07) is 12.4. The van der Waals surface area contributed by atoms with Gasteiger partial charge in [-0.25, -0.2) is 4.98 Å². The van der Waals surface area contributed by atoms with Crippen molar-refractivity contribution in [1.82, 2.24) is 9.55 Å². The minimum atomic E-state index is -3.81. The zero-order chi connectivity index (χ0) is 22.0. The van der Waals surface area contributed by atoms with E-state index in [1.165, 1.54) is 35.6 Å². The number of amides is 1. The fourth-order valence-corrected chi connectivity index (χ4v) is 4.94. The predicted molar refractivity (Wildman–Crippen MR) is 115 cm³/mol. The molecule has 1 amide bonds. The number of imidazole rings is 1. The molecule has 2 aromatic carbocycles. The van der Waals surface area contributed by atoms with Crippen molar-refractivity contribution in [3.05, 3.63) is 60.6 Å². The third kappa shape index (κ3) is 4.06. The molecule has 31 heavy (non-hydrogen) atoms. The summed E-state index contributed by atoms with van der Waals surface area (Å²) in [5.41, 5.74) is 2.10. The maximum absolute atomic E-state index is 13.1. The molecular weight excluding hydrogens is 420 g/mol. The first-order valence-corrected chi connectivity index (χ1v) is 11.0. The predicted octanol–water partition coefficient (Wildman–Crippen LogP) is 2.29. The quantitative estimate of drug-likeness (QED) is 0.602. The second-order valence-corrected chi connectivity index (χ2v) is 8.76. The number of carbonyl (C=O) groups is 1. The summed E-state index contributed by atoms with van der Waals surface area (Å²) in [6.45, 7) is 0.254. The molecule has 0 fully saturated rings. The van der Waals surface area contributed by atoms with Gasteiger partial charge < -0.3 is 19.4 Å². The van der Waals surface area contributed by atoms with Crippen molar-refractivity contribution in [3.63, 3.8) is 0 Å². The van der Waals surface area contributed by atoms with E-state index in [2.05, 4.69) is 10.3 Å². The minimum absolute atomic E-state index is 0.101. The molecule has 1 aromatic heterocycles. The van der Waals surface area contributed by atoms with E-state index in [1.807, 2.05) is 18.2 Å². The van der Waals surface area contributed by atoms with Crippen molar-refractivity contribution < 1.29 is 22.7 Å². The average molecular weight is 442 g/mol. The molecule has 10 heteroatoms. The number of nitrogens with one attached hydrogen (secondary N) is 1. The molecule has 0 atom stereocenters. The lowest BCUT2D eigenvalue weighted by atomic mass is 10.2. The van der Waals surface area contributed by atoms with Crippen molar-refractivity contribution in [1.29, 1.82) is 0 Å². The first-order chi connectivity index (χ1) is 14.9. The Bertz CT molecular complexity index is 1220. The van der Waals surface area contributed by atoms with E-state index in [0.717, 1.165) is 5.56 Å². The number of aromatic nitrogens is 2. The Balaban J connectivity index is 1.49. The van der Waals surface area contributed by atoms with Gasteiger partial charge in [-0.2, -0.15) is 8.42 Å². The van der Waals surface area contributed by atoms with Crippen LogP contribution in [0.1, 0.15) is 5.56 Å². The number of benzene rings is 2. The van der Waals surface area contributed by atoms with Crippen LogP contribution >= 0.6 is 0 Å². The van der Waals surface area contributed by atoms with Crippen LogP contribution in [0.2, 0.25) is 0 Å². The second kappa shape index (κ2) is 8.31. The highest BCUT2D eigenvalue weighted by Crippen LogP contribution is 2.32. The summed E-state index contributed by atoms with van der Waals surface area (Å²) in [5.74, 6) is 0.688. The van der Waals surface area contributed by atoms with Gasteiger partial charge in [0.2, 0.25) is 5.91 Å². The number of rotatable bonds is 7. The number of carbonyl (C=O) groups excluding carboxylic acids is 1. The van der Waals surface area contributed by atoms with Crippen molar-refractivity contribution in [2.75, 3.05) is 30.4 Å². The summed E-state index contributed by atoms with van der Waals surface area (Å²) in [7, 11) is -0.784. The molecule has 162 valence electrons. The number of hydrogen-bond donors (Lipinski definition) is 1. The lowest BCUT2D eigenvalue weighted by Crippen LogP contribution is -2.29. The van der Waals surface area contributed by atoms with E-state index >= 15 is 0 Å². The van der Waals surface area contributed by atoms with Crippen LogP contribution in [0.4, 0.5) is 11.4 Å². The van der Waals surface area contributed by atoms with Gasteiger partial charge in [0.05, 0.1) is 31.9 Å². The fraction of sp³-hybridized carbons (Fsp3) is 0.238. The van der Waals surface area contributed by atoms with Crippen LogP contribution in [0.15, 0.2) is 60.0 Å². The number of hydrogen-bond acceptors (Lipinski definition) is 6. The number of methoxy groups -OCH3 is 2. The smallest absolute Gasteiger partial charge is 0.283 e. The molecule has 2 heterocycles. The van der Waals surface area contributed by atoms with Crippen molar-refractivity contribution in [3.8, 4) is 11.5 Å². The number of sulfonamides is 1. The van der Waals surface area contributed by atoms with E-state index in [4.69, 9.17) is 9.47 Å². The maximum Gasteiger partial charge on any atom is 0.283 e. The molecule has 0 saturated carbocycles. The molecule has 0 saturated heterocycles. The van der Waals surface area contributed by atoms with Gasteiger partial charge >= 0.3 is 0 Å². The zero-order valence-corrected chi connectivity index (χ0v) is 17.9. The van der Waals surface area contributed by atoms with Gasteiger partial charge in [0.1, 0.15) is 18.0 Å². The molecule has 0 radical (unpaired) electrons. The van der Waals surface area contributed by atoms with E-state index in [0.29, 0.717) is 35.8 Å². The normalized spacial score (nSPS) is 13.0. The van der Waals surface area contributed by atoms with Crippen LogP contribution < -0.4 is 19.1 Å². The average Bonchev–Trinajstić information content (AvgIpc) is 3.41. The number of fused-ring (bicyclic) bond motifs is 1. The Hall–Kier alpha value is -3.53. The molecule has 4 rings (SSSR count). The molecule has 9 nitrogen and oxygen atoms in total. The lowest BCUT2D eigenvalue weighted by Gasteiger charge is -2.17. The Labute approximate surface area is 180 Å². The molecule has 1 N–H and O–H groups in total. The van der Waals surface area contributed by atoms with Gasteiger partial charge in [0, 0.05) is 18.8 Å². The van der Waals surface area contributed by atoms with Gasteiger partial charge in [-0.05, 0) is 30.2 Å². The topological polar surface area (TPSA) is 103 Å². The van der Waals surface area contributed by atoms with Gasteiger partial charge in [0.15, 0.2) is 5.03 Å². The zero-order valence-electron chi connectivity index (χ0n) is 17.1. The molecule has 3 aromatic rings. The van der Waals surface area contributed by atoms with Crippen LogP contribution in [0.3, 0.4) is 0 Å². The van der Waals surface area contributed by atoms with Crippen LogP contribution in [0.5, 0.6) is 11.5 Å². The van der Waals surface area contributed by atoms with Crippen LogP contribution in [0, 0.1) is 0 Å². The molecule has 1 aliphatic rings. The summed E-state index contributed by atoms with van der Waals surface area (Å²) in [4.78, 5) is 16.5. The Morgan fingerprint density at radius 1 is 1.16 bits per heavy atom. The Morgan fingerprint density at radius 3 is 2.74 bits per heavy atom. The highest BCUT2D eigenvalue weighted by Gasteiger charge is 2.32. The van der Waals surface area contributed by atoms with Crippen molar-refractivity contribution in [2.24, 2.45) is 0 Å². The maximum atomic E-state index is 13.1. The summed E-state index contributed by atoms with van der Waals surface area (Å²) < 4.78 is 39.3.